The fourth-order valence-corrected chi connectivity index (χ4v) is 1.67. The highest BCUT2D eigenvalue weighted by atomic mass is 16.3. The number of para-hydroxylation sites is 1. The lowest BCUT2D eigenvalue weighted by Crippen LogP contribution is -2.23. The van der Waals surface area contributed by atoms with Crippen molar-refractivity contribution in [2.45, 2.75) is 19.4 Å². The molecule has 0 saturated carbocycles. The second-order valence-electron chi connectivity index (χ2n) is 3.88. The van der Waals surface area contributed by atoms with E-state index in [0.29, 0.717) is 5.82 Å². The van der Waals surface area contributed by atoms with E-state index < -0.39 is 0 Å². The van der Waals surface area contributed by atoms with Gasteiger partial charge in [-0.25, -0.2) is 4.98 Å². The van der Waals surface area contributed by atoms with E-state index in [1.54, 1.807) is 0 Å². The smallest absolute Gasteiger partial charge is 0.222 e. The molecule has 0 bridgehead atoms. The van der Waals surface area contributed by atoms with Crippen LogP contribution in [0.25, 0.3) is 10.9 Å². The van der Waals surface area contributed by atoms with Crippen LogP contribution in [0.2, 0.25) is 0 Å². The third-order valence-electron chi connectivity index (χ3n) is 2.67. The number of nitrogen functional groups attached to an aromatic ring is 1. The zero-order chi connectivity index (χ0) is 12.3. The van der Waals surface area contributed by atoms with Crippen molar-refractivity contribution in [2.75, 3.05) is 17.7 Å². The normalized spacial score (nSPS) is 12.6. The maximum Gasteiger partial charge on any atom is 0.222 e. The summed E-state index contributed by atoms with van der Waals surface area (Å²) in [5.41, 5.74) is 6.46. The molecule has 5 nitrogen and oxygen atoms in total. The molecule has 0 radical (unpaired) electrons. The Bertz CT molecular complexity index is 511. The van der Waals surface area contributed by atoms with Crippen molar-refractivity contribution in [3.05, 3.63) is 24.3 Å². The molecule has 0 saturated heterocycles. The quantitative estimate of drug-likeness (QED) is 0.742. The summed E-state index contributed by atoms with van der Waals surface area (Å²) in [6.07, 6.45) is 0.814. The topological polar surface area (TPSA) is 84.1 Å². The molecule has 2 aromatic rings. The molecule has 0 amide bonds. The second-order valence-corrected chi connectivity index (χ2v) is 3.88. The number of nitrogens with one attached hydrogen (secondary N) is 1. The molecule has 0 spiro atoms. The molecule has 2 rings (SSSR count). The highest BCUT2D eigenvalue weighted by Crippen LogP contribution is 2.21. The minimum absolute atomic E-state index is 0.0206. The Morgan fingerprint density at radius 3 is 2.82 bits per heavy atom. The summed E-state index contributed by atoms with van der Waals surface area (Å²) in [5, 5.41) is 13.3. The van der Waals surface area contributed by atoms with Crippen LogP contribution in [-0.4, -0.2) is 27.7 Å². The van der Waals surface area contributed by atoms with Gasteiger partial charge in [-0.3, -0.25) is 0 Å². The van der Waals surface area contributed by atoms with Gasteiger partial charge in [0.05, 0.1) is 18.2 Å². The maximum atomic E-state index is 9.19. The Balaban J connectivity index is 2.44. The fraction of sp³-hybridized carbons (Fsp3) is 0.333. The molecule has 0 aliphatic heterocycles. The van der Waals surface area contributed by atoms with Crippen molar-refractivity contribution in [1.29, 1.82) is 0 Å². The van der Waals surface area contributed by atoms with E-state index in [0.717, 1.165) is 17.3 Å². The van der Waals surface area contributed by atoms with Gasteiger partial charge in [-0.15, -0.1) is 0 Å². The lowest BCUT2D eigenvalue weighted by molar-refractivity contribution is 0.271. The van der Waals surface area contributed by atoms with E-state index in [4.69, 9.17) is 5.73 Å². The third-order valence-corrected chi connectivity index (χ3v) is 2.67. The predicted molar refractivity (Wildman–Crippen MR) is 68.7 cm³/mol. The number of nitrogens with zero attached hydrogens (tertiary/aromatic N) is 2. The van der Waals surface area contributed by atoms with Crippen molar-refractivity contribution in [1.82, 2.24) is 9.97 Å². The predicted octanol–water partition coefficient (Wildman–Crippen LogP) is 1.39. The highest BCUT2D eigenvalue weighted by Gasteiger charge is 2.09. The van der Waals surface area contributed by atoms with Crippen molar-refractivity contribution in [3.8, 4) is 0 Å². The summed E-state index contributed by atoms with van der Waals surface area (Å²) >= 11 is 0. The summed E-state index contributed by atoms with van der Waals surface area (Å²) in [5.74, 6) is 0.910. The Labute approximate surface area is 99.7 Å². The first-order chi connectivity index (χ1) is 8.24. The van der Waals surface area contributed by atoms with Crippen molar-refractivity contribution >= 4 is 22.7 Å². The molecule has 1 aromatic heterocycles. The summed E-state index contributed by atoms with van der Waals surface area (Å²) < 4.78 is 0. The minimum Gasteiger partial charge on any atom is -0.394 e. The Hall–Kier alpha value is -1.88. The van der Waals surface area contributed by atoms with Gasteiger partial charge in [0.2, 0.25) is 5.95 Å². The molecular weight excluding hydrogens is 216 g/mol. The molecule has 90 valence electrons. The number of aliphatic hydroxyl groups excluding tert-OH is 1. The lowest BCUT2D eigenvalue weighted by atomic mass is 10.2. The molecule has 17 heavy (non-hydrogen) atoms. The standard InChI is InChI=1S/C12H16N4O/c1-2-8(7-17)14-11-9-5-3-4-6-10(9)15-12(13)16-11/h3-6,8,17H,2,7H2,1H3,(H3,13,14,15,16). The SMILES string of the molecule is CCC(CO)Nc1nc(N)nc2ccccc12. The number of hydrogen-bond acceptors (Lipinski definition) is 5. The van der Waals surface area contributed by atoms with E-state index in [9.17, 15) is 5.11 Å². The van der Waals surface area contributed by atoms with Crippen LogP contribution in [0.1, 0.15) is 13.3 Å². The van der Waals surface area contributed by atoms with Gasteiger partial charge in [0.25, 0.3) is 0 Å². The molecule has 0 aliphatic carbocycles. The molecule has 4 N–H and O–H groups in total. The Kier molecular flexibility index (Phi) is 3.39. The third kappa shape index (κ3) is 2.45. The average Bonchev–Trinajstić information content (AvgIpc) is 2.35. The van der Waals surface area contributed by atoms with E-state index in [2.05, 4.69) is 15.3 Å². The number of aromatic nitrogens is 2. The van der Waals surface area contributed by atoms with E-state index in [1.165, 1.54) is 0 Å². The van der Waals surface area contributed by atoms with Crippen LogP contribution in [0.15, 0.2) is 24.3 Å². The Morgan fingerprint density at radius 2 is 2.12 bits per heavy atom. The molecule has 1 heterocycles. The van der Waals surface area contributed by atoms with Crippen molar-refractivity contribution < 1.29 is 5.11 Å². The molecule has 0 aliphatic rings. The van der Waals surface area contributed by atoms with Gasteiger partial charge in [0.1, 0.15) is 5.82 Å². The van der Waals surface area contributed by atoms with E-state index >= 15 is 0 Å². The summed E-state index contributed by atoms with van der Waals surface area (Å²) in [7, 11) is 0. The first kappa shape index (κ1) is 11.6. The first-order valence-corrected chi connectivity index (χ1v) is 5.64. The van der Waals surface area contributed by atoms with Gasteiger partial charge in [0, 0.05) is 5.39 Å². The zero-order valence-corrected chi connectivity index (χ0v) is 9.72. The fourth-order valence-electron chi connectivity index (χ4n) is 1.67. The van der Waals surface area contributed by atoms with Crippen molar-refractivity contribution in [3.63, 3.8) is 0 Å². The molecule has 0 fully saturated rings. The molecule has 1 atom stereocenters. The maximum absolute atomic E-state index is 9.19. The van der Waals surface area contributed by atoms with Gasteiger partial charge in [-0.1, -0.05) is 19.1 Å². The minimum atomic E-state index is -0.0206. The van der Waals surface area contributed by atoms with Crippen LogP contribution >= 0.6 is 0 Å². The van der Waals surface area contributed by atoms with Gasteiger partial charge in [0.15, 0.2) is 0 Å². The number of benzene rings is 1. The van der Waals surface area contributed by atoms with Crippen molar-refractivity contribution in [2.24, 2.45) is 0 Å². The van der Waals surface area contributed by atoms with Crippen LogP contribution in [0, 0.1) is 0 Å². The van der Waals surface area contributed by atoms with Gasteiger partial charge in [-0.05, 0) is 18.6 Å². The van der Waals surface area contributed by atoms with Crippen LogP contribution < -0.4 is 11.1 Å². The van der Waals surface area contributed by atoms with Crippen LogP contribution in [0.4, 0.5) is 11.8 Å². The van der Waals surface area contributed by atoms with Crippen LogP contribution in [-0.2, 0) is 0 Å². The number of fused-ring (bicyclic) bond motifs is 1. The molecule has 5 heteroatoms. The van der Waals surface area contributed by atoms with Crippen LogP contribution in [0.5, 0.6) is 0 Å². The number of nitrogens with two attached hydrogens (primary N) is 1. The van der Waals surface area contributed by atoms with Gasteiger partial charge >= 0.3 is 0 Å². The molecule has 1 unspecified atom stereocenters. The highest BCUT2D eigenvalue weighted by molar-refractivity contribution is 5.89. The van der Waals surface area contributed by atoms with E-state index in [1.807, 2.05) is 31.2 Å². The van der Waals surface area contributed by atoms with E-state index in [-0.39, 0.29) is 18.6 Å². The number of anilines is 2. The summed E-state index contributed by atoms with van der Waals surface area (Å²) in [6, 6.07) is 7.63. The zero-order valence-electron chi connectivity index (χ0n) is 9.72. The first-order valence-electron chi connectivity index (χ1n) is 5.64. The number of aliphatic hydroxyl groups is 1. The second kappa shape index (κ2) is 4.97. The summed E-state index contributed by atoms with van der Waals surface area (Å²) in [6.45, 7) is 2.06. The molecular formula is C12H16N4O. The number of hydrogen-bond donors (Lipinski definition) is 3. The summed E-state index contributed by atoms with van der Waals surface area (Å²) in [4.78, 5) is 8.34. The lowest BCUT2D eigenvalue weighted by Gasteiger charge is -2.16. The number of rotatable bonds is 4. The van der Waals surface area contributed by atoms with Gasteiger partial charge < -0.3 is 16.2 Å². The monoisotopic (exact) mass is 232 g/mol. The Morgan fingerprint density at radius 1 is 1.35 bits per heavy atom. The average molecular weight is 232 g/mol. The van der Waals surface area contributed by atoms with Crippen LogP contribution in [0.3, 0.4) is 0 Å². The van der Waals surface area contributed by atoms with Gasteiger partial charge in [-0.2, -0.15) is 4.98 Å². The molecule has 1 aromatic carbocycles. The largest absolute Gasteiger partial charge is 0.394 e.